The fourth-order valence-corrected chi connectivity index (χ4v) is 1.72. The van der Waals surface area contributed by atoms with Gasteiger partial charge in [-0.2, -0.15) is 0 Å². The molecule has 3 nitrogen and oxygen atoms in total. The molecule has 0 saturated carbocycles. The zero-order valence-corrected chi connectivity index (χ0v) is 7.81. The Bertz CT molecular complexity index is 610. The van der Waals surface area contributed by atoms with E-state index in [0.29, 0.717) is 0 Å². The van der Waals surface area contributed by atoms with Gasteiger partial charge in [0.1, 0.15) is 0 Å². The molecule has 2 heterocycles. The topological polar surface area (TPSA) is 30.2 Å². The summed E-state index contributed by atoms with van der Waals surface area (Å²) in [7, 11) is 0. The SMILES string of the molecule is Cc1nnn2c1ccc1ccccc12. The van der Waals surface area contributed by atoms with Crippen molar-refractivity contribution in [1.82, 2.24) is 14.8 Å². The lowest BCUT2D eigenvalue weighted by atomic mass is 10.2. The standard InChI is InChI=1S/C11H9N3/c1-8-10-7-6-9-4-2-3-5-11(9)14(10)13-12-8/h2-7H,1H3. The molecule has 0 amide bonds. The van der Waals surface area contributed by atoms with Crippen molar-refractivity contribution in [2.45, 2.75) is 6.92 Å². The molecular weight excluding hydrogens is 174 g/mol. The minimum atomic E-state index is 0.968. The molecular formula is C11H9N3. The molecule has 0 N–H and O–H groups in total. The van der Waals surface area contributed by atoms with Crippen LogP contribution in [0.25, 0.3) is 16.4 Å². The lowest BCUT2D eigenvalue weighted by molar-refractivity contribution is 0.874. The van der Waals surface area contributed by atoms with Crippen LogP contribution in [-0.2, 0) is 0 Å². The zero-order chi connectivity index (χ0) is 9.54. The molecule has 0 aliphatic heterocycles. The highest BCUT2D eigenvalue weighted by molar-refractivity contribution is 5.82. The van der Waals surface area contributed by atoms with Gasteiger partial charge in [-0.25, -0.2) is 4.52 Å². The second kappa shape index (κ2) is 2.54. The first-order valence-electron chi connectivity index (χ1n) is 4.56. The highest BCUT2D eigenvalue weighted by atomic mass is 15.4. The van der Waals surface area contributed by atoms with Crippen molar-refractivity contribution in [3.63, 3.8) is 0 Å². The molecule has 0 aliphatic rings. The Morgan fingerprint density at radius 2 is 1.86 bits per heavy atom. The van der Waals surface area contributed by atoms with Crippen LogP contribution in [0.15, 0.2) is 36.4 Å². The molecule has 0 unspecified atom stereocenters. The van der Waals surface area contributed by atoms with Gasteiger partial charge in [0.2, 0.25) is 0 Å². The summed E-state index contributed by atoms with van der Waals surface area (Å²) in [6, 6.07) is 12.3. The second-order valence-corrected chi connectivity index (χ2v) is 3.36. The maximum Gasteiger partial charge on any atom is 0.0901 e. The van der Waals surface area contributed by atoms with E-state index in [0.717, 1.165) is 16.7 Å². The Morgan fingerprint density at radius 1 is 1.00 bits per heavy atom. The van der Waals surface area contributed by atoms with Crippen LogP contribution < -0.4 is 0 Å². The average Bonchev–Trinajstić information content (AvgIpc) is 2.61. The van der Waals surface area contributed by atoms with Crippen molar-refractivity contribution in [2.75, 3.05) is 0 Å². The Balaban J connectivity index is 2.61. The third-order valence-corrected chi connectivity index (χ3v) is 2.47. The van der Waals surface area contributed by atoms with Crippen LogP contribution in [0, 0.1) is 6.92 Å². The van der Waals surface area contributed by atoms with Gasteiger partial charge in [-0.3, -0.25) is 0 Å². The minimum Gasteiger partial charge on any atom is -0.213 e. The van der Waals surface area contributed by atoms with Crippen LogP contribution >= 0.6 is 0 Å². The van der Waals surface area contributed by atoms with Crippen molar-refractivity contribution >= 4 is 16.4 Å². The molecule has 3 heteroatoms. The predicted molar refractivity (Wildman–Crippen MR) is 55.2 cm³/mol. The average molecular weight is 183 g/mol. The normalized spacial score (nSPS) is 11.2. The van der Waals surface area contributed by atoms with Crippen molar-refractivity contribution in [2.24, 2.45) is 0 Å². The number of para-hydroxylation sites is 1. The second-order valence-electron chi connectivity index (χ2n) is 3.36. The predicted octanol–water partition coefficient (Wildman–Crippen LogP) is 2.19. The van der Waals surface area contributed by atoms with Crippen LogP contribution in [0.1, 0.15) is 5.69 Å². The Morgan fingerprint density at radius 3 is 2.79 bits per heavy atom. The molecule has 2 aromatic heterocycles. The zero-order valence-electron chi connectivity index (χ0n) is 7.81. The quantitative estimate of drug-likeness (QED) is 0.534. The van der Waals surface area contributed by atoms with Gasteiger partial charge in [0.25, 0.3) is 0 Å². The number of aromatic nitrogens is 3. The van der Waals surface area contributed by atoms with Gasteiger partial charge in [0.05, 0.1) is 16.7 Å². The lowest BCUT2D eigenvalue weighted by Crippen LogP contribution is -1.89. The molecule has 0 atom stereocenters. The number of rotatable bonds is 0. The number of pyridine rings is 1. The fourth-order valence-electron chi connectivity index (χ4n) is 1.72. The van der Waals surface area contributed by atoms with E-state index < -0.39 is 0 Å². The molecule has 0 aliphatic carbocycles. The molecule has 1 aromatic carbocycles. The van der Waals surface area contributed by atoms with Gasteiger partial charge in [-0.15, -0.1) is 5.10 Å². The van der Waals surface area contributed by atoms with Crippen LogP contribution in [0.5, 0.6) is 0 Å². The number of nitrogens with zero attached hydrogens (tertiary/aromatic N) is 3. The minimum absolute atomic E-state index is 0.968. The Hall–Kier alpha value is -1.90. The first kappa shape index (κ1) is 7.50. The largest absolute Gasteiger partial charge is 0.213 e. The third-order valence-electron chi connectivity index (χ3n) is 2.47. The lowest BCUT2D eigenvalue weighted by Gasteiger charge is -1.99. The van der Waals surface area contributed by atoms with Crippen molar-refractivity contribution in [3.05, 3.63) is 42.1 Å². The van der Waals surface area contributed by atoms with E-state index in [4.69, 9.17) is 0 Å². The van der Waals surface area contributed by atoms with Crippen LogP contribution in [0.4, 0.5) is 0 Å². The van der Waals surface area contributed by atoms with E-state index in [-0.39, 0.29) is 0 Å². The first-order valence-corrected chi connectivity index (χ1v) is 4.56. The monoisotopic (exact) mass is 183 g/mol. The fraction of sp³-hybridized carbons (Fsp3) is 0.0909. The Labute approximate surface area is 81.0 Å². The number of hydrogen-bond acceptors (Lipinski definition) is 2. The van der Waals surface area contributed by atoms with E-state index >= 15 is 0 Å². The highest BCUT2D eigenvalue weighted by Gasteiger charge is 2.03. The maximum absolute atomic E-state index is 4.11. The van der Waals surface area contributed by atoms with Gasteiger partial charge in [-0.1, -0.05) is 29.5 Å². The van der Waals surface area contributed by atoms with Crippen molar-refractivity contribution in [3.8, 4) is 0 Å². The molecule has 14 heavy (non-hydrogen) atoms. The summed E-state index contributed by atoms with van der Waals surface area (Å²) in [5.74, 6) is 0. The van der Waals surface area contributed by atoms with Crippen molar-refractivity contribution in [1.29, 1.82) is 0 Å². The van der Waals surface area contributed by atoms with Crippen LogP contribution in [-0.4, -0.2) is 14.8 Å². The van der Waals surface area contributed by atoms with E-state index in [2.05, 4.69) is 34.6 Å². The smallest absolute Gasteiger partial charge is 0.0901 e. The summed E-state index contributed by atoms with van der Waals surface area (Å²) in [5, 5.41) is 9.36. The number of benzene rings is 1. The van der Waals surface area contributed by atoms with Crippen molar-refractivity contribution < 1.29 is 0 Å². The van der Waals surface area contributed by atoms with E-state index in [9.17, 15) is 0 Å². The summed E-state index contributed by atoms with van der Waals surface area (Å²) in [4.78, 5) is 0. The summed E-state index contributed by atoms with van der Waals surface area (Å²) < 4.78 is 1.88. The first-order chi connectivity index (χ1) is 6.86. The molecule has 0 saturated heterocycles. The number of hydrogen-bond donors (Lipinski definition) is 0. The number of fused-ring (bicyclic) bond motifs is 3. The molecule has 3 aromatic rings. The van der Waals surface area contributed by atoms with Gasteiger partial charge in [0.15, 0.2) is 0 Å². The molecule has 0 radical (unpaired) electrons. The molecule has 3 rings (SSSR count). The maximum atomic E-state index is 4.11. The number of aryl methyl sites for hydroxylation is 1. The molecule has 68 valence electrons. The third kappa shape index (κ3) is 0.865. The van der Waals surface area contributed by atoms with Gasteiger partial charge in [-0.05, 0) is 19.1 Å². The molecule has 0 bridgehead atoms. The summed E-state index contributed by atoms with van der Waals surface area (Å²) >= 11 is 0. The van der Waals surface area contributed by atoms with E-state index in [1.807, 2.05) is 23.6 Å². The summed E-state index contributed by atoms with van der Waals surface area (Å²) in [6.45, 7) is 1.97. The van der Waals surface area contributed by atoms with Crippen LogP contribution in [0.3, 0.4) is 0 Å². The van der Waals surface area contributed by atoms with E-state index in [1.165, 1.54) is 5.39 Å². The van der Waals surface area contributed by atoms with Gasteiger partial charge >= 0.3 is 0 Å². The van der Waals surface area contributed by atoms with E-state index in [1.54, 1.807) is 0 Å². The van der Waals surface area contributed by atoms with Gasteiger partial charge < -0.3 is 0 Å². The Kier molecular flexibility index (Phi) is 1.36. The highest BCUT2D eigenvalue weighted by Crippen LogP contribution is 2.16. The summed E-state index contributed by atoms with van der Waals surface area (Å²) in [5.41, 5.74) is 3.14. The van der Waals surface area contributed by atoms with Gasteiger partial charge in [0, 0.05) is 5.39 Å². The summed E-state index contributed by atoms with van der Waals surface area (Å²) in [6.07, 6.45) is 0. The molecule has 0 spiro atoms. The molecule has 0 fully saturated rings. The van der Waals surface area contributed by atoms with Crippen LogP contribution in [0.2, 0.25) is 0 Å².